The Morgan fingerprint density at radius 3 is 0.963 bits per heavy atom. The van der Waals surface area contributed by atoms with Crippen molar-refractivity contribution < 1.29 is 90.5 Å². The van der Waals surface area contributed by atoms with Crippen LogP contribution in [-0.4, -0.2) is 135 Å². The van der Waals surface area contributed by atoms with Crippen LogP contribution in [0, 0.1) is 0 Å². The number of aliphatic hydroxyl groups is 1. The Morgan fingerprint density at radius 1 is 0.262 bits per heavy atom. The van der Waals surface area contributed by atoms with Crippen molar-refractivity contribution in [2.45, 2.75) is 138 Å². The second-order valence-electron chi connectivity index (χ2n) is 26.1. The zero-order valence-corrected chi connectivity index (χ0v) is 58.9. The smallest absolute Gasteiger partial charge is 0.338 e. The molecule has 107 heavy (non-hydrogen) atoms. The maximum absolute atomic E-state index is 15.3. The lowest BCUT2D eigenvalue weighted by atomic mass is 9.95. The van der Waals surface area contributed by atoms with Crippen LogP contribution in [0.3, 0.4) is 0 Å². The summed E-state index contributed by atoms with van der Waals surface area (Å²) in [6.07, 6.45) is -20.2. The third-order valence-corrected chi connectivity index (χ3v) is 18.5. The van der Waals surface area contributed by atoms with E-state index in [0.717, 1.165) is 38.9 Å². The highest BCUT2D eigenvalue weighted by Gasteiger charge is 2.58. The van der Waals surface area contributed by atoms with Gasteiger partial charge in [-0.3, -0.25) is 0 Å². The number of aliphatic hydroxyl groups excluding tert-OH is 1. The van der Waals surface area contributed by atoms with Crippen molar-refractivity contribution in [3.8, 4) is 0 Å². The fourth-order valence-electron chi connectivity index (χ4n) is 13.0. The van der Waals surface area contributed by atoms with Gasteiger partial charge in [-0.25, -0.2) is 14.4 Å². The standard InChI is InChI=1S/C88H86O19/c89-83(68-45-25-8-26-46-68)100-59-73-76(107-88-81(99-57-67-43-23-7-24-44-67)78(97-55-65-39-19-5-20-40-65)74(94-52-62-33-13-2-14-34-62)71(104-88)58-93-51-61-31-11-1-12-32-61)79(105-84(90)69-47-27-9-28-48-69)82(106-85(91)70-49-29-10-30-50-70)87(103-73)101-60-72-75(95-53-63-35-15-3-16-36-63)77(96-54-64-37-17-4-18-38-64)80(86(92)102-72)98-56-66-41-21-6-22-42-66/h1-50,71-82,86-88,92H,51-60H2/t71-,72-,73-,74-,75-,76-,77+,78+,79+,80-,81-,82-,86+,87-,88-/m1/s1. The Labute approximate surface area is 622 Å². The minimum atomic E-state index is -1.77. The molecule has 0 bridgehead atoms. The third-order valence-electron chi connectivity index (χ3n) is 18.5. The first-order valence-electron chi connectivity index (χ1n) is 35.9. The molecule has 10 aromatic rings. The SMILES string of the molecule is O=C(OC[C@H]1O[C@@H](OC[C@H]2O[C@H](O)[C@H](OCc3ccccc3)[C@@H](OCc3ccccc3)[C@@H]2OCc2ccccc2)[C@H](OC(=O)c2ccccc2)[C@@H](OC(=O)c2ccccc2)[C@@H]1O[C@H]1O[C@H](COCc2ccccc2)[C@@H](OCc2ccccc2)[C@H](OCc2ccccc2)[C@H]1OCc1ccccc1)c1ccccc1. The molecule has 15 atom stereocenters. The summed E-state index contributed by atoms with van der Waals surface area (Å²) >= 11 is 0. The van der Waals surface area contributed by atoms with Crippen molar-refractivity contribution in [1.82, 2.24) is 0 Å². The first-order valence-corrected chi connectivity index (χ1v) is 35.9. The summed E-state index contributed by atoms with van der Waals surface area (Å²) in [5, 5.41) is 12.4. The maximum atomic E-state index is 15.3. The summed E-state index contributed by atoms with van der Waals surface area (Å²) in [7, 11) is 0. The van der Waals surface area contributed by atoms with Crippen LogP contribution in [0.15, 0.2) is 303 Å². The number of ether oxygens (including phenoxy) is 15. The highest BCUT2D eigenvalue weighted by molar-refractivity contribution is 5.91. The number of hydrogen-bond acceptors (Lipinski definition) is 19. The van der Waals surface area contributed by atoms with Crippen LogP contribution in [0.2, 0.25) is 0 Å². The molecule has 0 radical (unpaired) electrons. The van der Waals surface area contributed by atoms with Gasteiger partial charge < -0.3 is 76.2 Å². The quantitative estimate of drug-likeness (QED) is 0.0293. The minimum absolute atomic E-state index is 0.00543. The summed E-state index contributed by atoms with van der Waals surface area (Å²) in [6, 6.07) is 92.1. The van der Waals surface area contributed by atoms with Gasteiger partial charge in [-0.2, -0.15) is 0 Å². The molecule has 13 rings (SSSR count). The number of carbonyl (C=O) groups excluding carboxylic acids is 3. The summed E-state index contributed by atoms with van der Waals surface area (Å²) in [4.78, 5) is 44.9. The van der Waals surface area contributed by atoms with E-state index in [2.05, 4.69) is 0 Å². The van der Waals surface area contributed by atoms with Crippen LogP contribution in [-0.2, 0) is 117 Å². The van der Waals surface area contributed by atoms with E-state index in [1.807, 2.05) is 212 Å². The second-order valence-corrected chi connectivity index (χ2v) is 26.1. The van der Waals surface area contributed by atoms with Gasteiger partial charge in [0.1, 0.15) is 67.6 Å². The Hall–Kier alpha value is -9.91. The summed E-state index contributed by atoms with van der Waals surface area (Å²) < 4.78 is 104. The lowest BCUT2D eigenvalue weighted by Gasteiger charge is -2.50. The van der Waals surface area contributed by atoms with E-state index in [0.29, 0.717) is 0 Å². The molecule has 19 nitrogen and oxygen atoms in total. The number of esters is 3. The fourth-order valence-corrected chi connectivity index (χ4v) is 13.0. The van der Waals surface area contributed by atoms with Crippen molar-refractivity contribution >= 4 is 17.9 Å². The Morgan fingerprint density at radius 2 is 0.561 bits per heavy atom. The lowest BCUT2D eigenvalue weighted by Crippen LogP contribution is -2.67. The molecule has 10 aromatic carbocycles. The van der Waals surface area contributed by atoms with Gasteiger partial charge in [0.05, 0.1) is 76.2 Å². The van der Waals surface area contributed by atoms with E-state index in [-0.39, 0.29) is 69.5 Å². The molecule has 0 spiro atoms. The number of rotatable bonds is 34. The Kier molecular flexibility index (Phi) is 27.5. The van der Waals surface area contributed by atoms with Crippen LogP contribution in [0.25, 0.3) is 0 Å². The molecule has 552 valence electrons. The monoisotopic (exact) mass is 1450 g/mol. The van der Waals surface area contributed by atoms with Gasteiger partial charge >= 0.3 is 17.9 Å². The largest absolute Gasteiger partial charge is 0.459 e. The second kappa shape index (κ2) is 39.1. The predicted octanol–water partition coefficient (Wildman–Crippen LogP) is 13.6. The van der Waals surface area contributed by atoms with Gasteiger partial charge in [0.2, 0.25) is 0 Å². The Bertz CT molecular complexity index is 4240. The number of hydrogen-bond donors (Lipinski definition) is 1. The van der Waals surface area contributed by atoms with E-state index in [4.69, 9.17) is 71.1 Å². The molecule has 0 saturated carbocycles. The van der Waals surface area contributed by atoms with Gasteiger partial charge in [-0.05, 0) is 75.3 Å². The van der Waals surface area contributed by atoms with Gasteiger partial charge in [-0.15, -0.1) is 0 Å². The number of benzene rings is 10. The van der Waals surface area contributed by atoms with Crippen LogP contribution < -0.4 is 0 Å². The fraction of sp³-hybridized carbons (Fsp3) is 0.284. The summed E-state index contributed by atoms with van der Waals surface area (Å²) in [5.41, 5.74) is 6.34. The van der Waals surface area contributed by atoms with E-state index in [1.54, 1.807) is 91.0 Å². The van der Waals surface area contributed by atoms with E-state index in [9.17, 15) is 9.90 Å². The van der Waals surface area contributed by atoms with Crippen LogP contribution >= 0.6 is 0 Å². The molecule has 19 heteroatoms. The molecule has 3 aliphatic heterocycles. The third kappa shape index (κ3) is 21.2. The molecule has 0 aromatic heterocycles. The van der Waals surface area contributed by atoms with Crippen LogP contribution in [0.1, 0.15) is 70.0 Å². The lowest BCUT2D eigenvalue weighted by molar-refractivity contribution is -0.373. The first kappa shape index (κ1) is 75.3. The van der Waals surface area contributed by atoms with E-state index in [1.165, 1.54) is 0 Å². The molecule has 0 unspecified atom stereocenters. The average molecular weight is 1450 g/mol. The molecule has 3 fully saturated rings. The van der Waals surface area contributed by atoms with Gasteiger partial charge in [0.25, 0.3) is 0 Å². The zero-order chi connectivity index (χ0) is 73.2. The molecule has 1 N–H and O–H groups in total. The normalized spacial score (nSPS) is 24.2. The van der Waals surface area contributed by atoms with Crippen molar-refractivity contribution in [3.05, 3.63) is 359 Å². The van der Waals surface area contributed by atoms with Gasteiger partial charge in [0.15, 0.2) is 31.1 Å². The molecular formula is C88H86O19. The van der Waals surface area contributed by atoms with Crippen LogP contribution in [0.4, 0.5) is 0 Å². The van der Waals surface area contributed by atoms with Crippen molar-refractivity contribution in [2.75, 3.05) is 19.8 Å². The topological polar surface area (TPSA) is 210 Å². The minimum Gasteiger partial charge on any atom is -0.459 e. The molecule has 3 heterocycles. The molecular weight excluding hydrogens is 1360 g/mol. The summed E-state index contributed by atoms with van der Waals surface area (Å²) in [6.45, 7) is -0.545. The van der Waals surface area contributed by atoms with Gasteiger partial charge in [-0.1, -0.05) is 267 Å². The van der Waals surface area contributed by atoms with Gasteiger partial charge in [0, 0.05) is 0 Å². The molecule has 3 aliphatic rings. The van der Waals surface area contributed by atoms with Crippen LogP contribution in [0.5, 0.6) is 0 Å². The molecule has 0 amide bonds. The molecule has 3 saturated heterocycles. The van der Waals surface area contributed by atoms with Crippen molar-refractivity contribution in [3.63, 3.8) is 0 Å². The maximum Gasteiger partial charge on any atom is 0.338 e. The summed E-state index contributed by atoms with van der Waals surface area (Å²) in [5.74, 6) is -2.48. The molecule has 0 aliphatic carbocycles. The van der Waals surface area contributed by atoms with E-state index < -0.39 is 123 Å². The predicted molar refractivity (Wildman–Crippen MR) is 393 cm³/mol. The van der Waals surface area contributed by atoms with Crippen molar-refractivity contribution in [1.29, 1.82) is 0 Å². The highest BCUT2D eigenvalue weighted by Crippen LogP contribution is 2.39. The number of carbonyl (C=O) groups is 3. The highest BCUT2D eigenvalue weighted by atomic mass is 16.8. The first-order chi connectivity index (χ1) is 52.7. The average Bonchev–Trinajstić information content (AvgIpc) is 0.760. The van der Waals surface area contributed by atoms with Crippen molar-refractivity contribution in [2.24, 2.45) is 0 Å². The van der Waals surface area contributed by atoms with E-state index >= 15 is 9.59 Å². The zero-order valence-electron chi connectivity index (χ0n) is 58.9. The Balaban J connectivity index is 0.918.